The van der Waals surface area contributed by atoms with E-state index in [1.165, 1.54) is 29.6 Å². The molecule has 0 bridgehead atoms. The minimum atomic E-state index is -3.71. The summed E-state index contributed by atoms with van der Waals surface area (Å²) in [7, 11) is -2.22. The first kappa shape index (κ1) is 19.4. The lowest BCUT2D eigenvalue weighted by atomic mass is 10.2. The van der Waals surface area contributed by atoms with Crippen LogP contribution >= 0.6 is 11.6 Å². The van der Waals surface area contributed by atoms with Crippen LogP contribution in [0.15, 0.2) is 41.3 Å². The summed E-state index contributed by atoms with van der Waals surface area (Å²) in [5.74, 6) is -0.152. The summed E-state index contributed by atoms with van der Waals surface area (Å²) >= 11 is 6.09. The molecule has 6 nitrogen and oxygen atoms in total. The topological polar surface area (TPSA) is 79.4 Å². The van der Waals surface area contributed by atoms with E-state index in [9.17, 15) is 13.2 Å². The fourth-order valence-corrected chi connectivity index (χ4v) is 3.68. The molecule has 0 saturated carbocycles. The summed E-state index contributed by atoms with van der Waals surface area (Å²) in [6, 6.07) is 9.07. The van der Waals surface area contributed by atoms with Gasteiger partial charge in [-0.2, -0.15) is 4.31 Å². The van der Waals surface area contributed by atoms with Gasteiger partial charge < -0.3 is 5.32 Å². The average molecular weight is 382 g/mol. The minimum Gasteiger partial charge on any atom is -0.307 e. The van der Waals surface area contributed by atoms with Gasteiger partial charge in [0, 0.05) is 18.8 Å². The highest BCUT2D eigenvalue weighted by Gasteiger charge is 2.25. The molecule has 2 aromatic rings. The zero-order valence-corrected chi connectivity index (χ0v) is 16.0. The van der Waals surface area contributed by atoms with E-state index < -0.39 is 15.9 Å². The minimum absolute atomic E-state index is 0.00968. The third-order valence-corrected chi connectivity index (χ3v) is 6.08. The molecular weight excluding hydrogens is 362 g/mol. The van der Waals surface area contributed by atoms with Crippen molar-refractivity contribution in [2.75, 3.05) is 12.4 Å². The molecule has 0 saturated heterocycles. The van der Waals surface area contributed by atoms with Crippen molar-refractivity contribution in [3.05, 3.63) is 52.7 Å². The first-order chi connectivity index (χ1) is 11.6. The van der Waals surface area contributed by atoms with Crippen LogP contribution in [0.1, 0.15) is 29.9 Å². The standard InChI is InChI=1S/C17H20ClN3O3S/c1-11(2)21(4)25(23,24)13-8-9-15(18)14(10-13)17(22)20-16-7-5-6-12(3)19-16/h5-11H,1-4H3,(H,19,20,22). The van der Waals surface area contributed by atoms with Crippen molar-refractivity contribution in [1.29, 1.82) is 0 Å². The van der Waals surface area contributed by atoms with E-state index in [1.807, 2.05) is 0 Å². The van der Waals surface area contributed by atoms with E-state index in [4.69, 9.17) is 11.6 Å². The second-order valence-corrected chi connectivity index (χ2v) is 8.28. The van der Waals surface area contributed by atoms with Gasteiger partial charge >= 0.3 is 0 Å². The molecule has 25 heavy (non-hydrogen) atoms. The van der Waals surface area contributed by atoms with Gasteiger partial charge in [0.2, 0.25) is 10.0 Å². The maximum atomic E-state index is 12.6. The van der Waals surface area contributed by atoms with E-state index in [0.29, 0.717) is 5.82 Å². The van der Waals surface area contributed by atoms with Gasteiger partial charge in [-0.3, -0.25) is 4.79 Å². The van der Waals surface area contributed by atoms with Gasteiger partial charge in [0.05, 0.1) is 15.5 Å². The summed E-state index contributed by atoms with van der Waals surface area (Å²) in [6.07, 6.45) is 0. The Labute approximate surface area is 152 Å². The maximum absolute atomic E-state index is 12.6. The lowest BCUT2D eigenvalue weighted by Crippen LogP contribution is -2.33. The number of carbonyl (C=O) groups excluding carboxylic acids is 1. The molecule has 0 aliphatic heterocycles. The Morgan fingerprint density at radius 1 is 1.24 bits per heavy atom. The van der Waals surface area contributed by atoms with Gasteiger partial charge in [-0.15, -0.1) is 0 Å². The van der Waals surface area contributed by atoms with Gasteiger partial charge in [-0.1, -0.05) is 17.7 Å². The smallest absolute Gasteiger partial charge is 0.258 e. The molecule has 2 rings (SSSR count). The van der Waals surface area contributed by atoms with E-state index in [-0.39, 0.29) is 21.5 Å². The second-order valence-electron chi connectivity index (χ2n) is 5.87. The second kappa shape index (κ2) is 7.51. The van der Waals surface area contributed by atoms with Crippen LogP contribution in [-0.4, -0.2) is 36.7 Å². The predicted octanol–water partition coefficient (Wildman–Crippen LogP) is 3.32. The monoisotopic (exact) mass is 381 g/mol. The summed E-state index contributed by atoms with van der Waals surface area (Å²) in [5.41, 5.74) is 0.821. The van der Waals surface area contributed by atoms with Gasteiger partial charge in [0.1, 0.15) is 5.82 Å². The fraction of sp³-hybridized carbons (Fsp3) is 0.294. The molecule has 1 amide bonds. The molecule has 0 atom stereocenters. The molecule has 1 aromatic heterocycles. The van der Waals surface area contributed by atoms with Crippen LogP contribution in [0.4, 0.5) is 5.82 Å². The third kappa shape index (κ3) is 4.36. The lowest BCUT2D eigenvalue weighted by molar-refractivity contribution is 0.102. The zero-order chi connectivity index (χ0) is 18.8. The number of amides is 1. The molecule has 1 N–H and O–H groups in total. The number of sulfonamides is 1. The normalized spacial score (nSPS) is 11.8. The van der Waals surface area contributed by atoms with E-state index >= 15 is 0 Å². The SMILES string of the molecule is Cc1cccc(NC(=O)c2cc(S(=O)(=O)N(C)C(C)C)ccc2Cl)n1. The third-order valence-electron chi connectivity index (χ3n) is 3.72. The Morgan fingerprint density at radius 2 is 1.92 bits per heavy atom. The Kier molecular flexibility index (Phi) is 5.82. The summed E-state index contributed by atoms with van der Waals surface area (Å²) in [4.78, 5) is 16.7. The van der Waals surface area contributed by atoms with E-state index in [2.05, 4.69) is 10.3 Å². The molecule has 0 aliphatic carbocycles. The molecule has 1 aromatic carbocycles. The van der Waals surface area contributed by atoms with Crippen LogP contribution in [0.3, 0.4) is 0 Å². The van der Waals surface area contributed by atoms with Crippen molar-refractivity contribution in [2.45, 2.75) is 31.7 Å². The average Bonchev–Trinajstić information content (AvgIpc) is 2.54. The molecule has 0 aliphatic rings. The first-order valence-electron chi connectivity index (χ1n) is 7.65. The Morgan fingerprint density at radius 3 is 2.52 bits per heavy atom. The number of aryl methyl sites for hydroxylation is 1. The Balaban J connectivity index is 2.37. The first-order valence-corrected chi connectivity index (χ1v) is 9.47. The van der Waals surface area contributed by atoms with E-state index in [0.717, 1.165) is 5.69 Å². The largest absolute Gasteiger partial charge is 0.307 e. The Bertz CT molecular complexity index is 898. The number of hydrogen-bond donors (Lipinski definition) is 1. The highest BCUT2D eigenvalue weighted by Crippen LogP contribution is 2.24. The lowest BCUT2D eigenvalue weighted by Gasteiger charge is -2.21. The number of anilines is 1. The number of rotatable bonds is 5. The van der Waals surface area contributed by atoms with Crippen molar-refractivity contribution in [3.8, 4) is 0 Å². The number of hydrogen-bond acceptors (Lipinski definition) is 4. The van der Waals surface area contributed by atoms with Crippen LogP contribution in [-0.2, 0) is 10.0 Å². The van der Waals surface area contributed by atoms with Crippen molar-refractivity contribution >= 4 is 33.3 Å². The zero-order valence-electron chi connectivity index (χ0n) is 14.4. The van der Waals surface area contributed by atoms with Crippen LogP contribution in [0.2, 0.25) is 5.02 Å². The molecule has 0 radical (unpaired) electrons. The molecule has 0 unspecified atom stereocenters. The van der Waals surface area contributed by atoms with Crippen LogP contribution < -0.4 is 5.32 Å². The molecule has 0 spiro atoms. The van der Waals surface area contributed by atoms with Crippen LogP contribution in [0.5, 0.6) is 0 Å². The van der Waals surface area contributed by atoms with Gasteiger partial charge in [0.25, 0.3) is 5.91 Å². The fourth-order valence-electron chi connectivity index (χ4n) is 2.08. The number of halogens is 1. The highest BCUT2D eigenvalue weighted by molar-refractivity contribution is 7.89. The molecule has 8 heteroatoms. The maximum Gasteiger partial charge on any atom is 0.258 e. The van der Waals surface area contributed by atoms with Gasteiger partial charge in [-0.05, 0) is 51.1 Å². The number of nitrogens with zero attached hydrogens (tertiary/aromatic N) is 2. The van der Waals surface area contributed by atoms with Gasteiger partial charge in [-0.25, -0.2) is 13.4 Å². The summed E-state index contributed by atoms with van der Waals surface area (Å²) in [5, 5.41) is 2.79. The molecule has 0 fully saturated rings. The van der Waals surface area contributed by atoms with Crippen molar-refractivity contribution in [1.82, 2.24) is 9.29 Å². The van der Waals surface area contributed by atoms with Crippen LogP contribution in [0.25, 0.3) is 0 Å². The number of nitrogens with one attached hydrogen (secondary N) is 1. The van der Waals surface area contributed by atoms with Crippen molar-refractivity contribution < 1.29 is 13.2 Å². The Hall–Kier alpha value is -1.96. The summed E-state index contributed by atoms with van der Waals surface area (Å²) in [6.45, 7) is 5.34. The van der Waals surface area contributed by atoms with Crippen LogP contribution in [0, 0.1) is 6.92 Å². The predicted molar refractivity (Wildman–Crippen MR) is 98.5 cm³/mol. The molecule has 1 heterocycles. The van der Waals surface area contributed by atoms with Gasteiger partial charge in [0.15, 0.2) is 0 Å². The highest BCUT2D eigenvalue weighted by atomic mass is 35.5. The quantitative estimate of drug-likeness (QED) is 0.861. The van der Waals surface area contributed by atoms with Crippen molar-refractivity contribution in [3.63, 3.8) is 0 Å². The number of benzene rings is 1. The summed E-state index contributed by atoms with van der Waals surface area (Å²) < 4.78 is 26.4. The number of pyridine rings is 1. The van der Waals surface area contributed by atoms with E-state index in [1.54, 1.807) is 39.0 Å². The molecular formula is C17H20ClN3O3S. The molecule has 134 valence electrons. The van der Waals surface area contributed by atoms with Crippen molar-refractivity contribution in [2.24, 2.45) is 0 Å². The number of aromatic nitrogens is 1. The number of carbonyl (C=O) groups is 1.